The molecule has 1 amide bonds. The molecular weight excluding hydrogens is 290 g/mol. The van der Waals surface area contributed by atoms with E-state index in [1.54, 1.807) is 24.3 Å². The van der Waals surface area contributed by atoms with Crippen LogP contribution in [0.4, 0.5) is 0 Å². The van der Waals surface area contributed by atoms with E-state index in [4.69, 9.17) is 0 Å². The van der Waals surface area contributed by atoms with Crippen LogP contribution in [0.15, 0.2) is 24.3 Å². The topological polar surface area (TPSA) is 67.6 Å². The third-order valence-electron chi connectivity index (χ3n) is 4.82. The molecule has 1 aliphatic heterocycles. The molecule has 1 aromatic carbocycles. The molecular formula is C18H23N3O2. The molecule has 1 aromatic rings. The van der Waals surface area contributed by atoms with Crippen LogP contribution in [0.2, 0.25) is 0 Å². The van der Waals surface area contributed by atoms with Crippen molar-refractivity contribution in [2.75, 3.05) is 32.8 Å². The average molecular weight is 313 g/mol. The third kappa shape index (κ3) is 3.72. The van der Waals surface area contributed by atoms with Crippen LogP contribution < -0.4 is 0 Å². The number of rotatable bonds is 5. The highest BCUT2D eigenvalue weighted by atomic mass is 16.3. The van der Waals surface area contributed by atoms with E-state index in [0.29, 0.717) is 30.6 Å². The van der Waals surface area contributed by atoms with Gasteiger partial charge in [0.15, 0.2) is 0 Å². The van der Waals surface area contributed by atoms with Gasteiger partial charge in [-0.1, -0.05) is 12.1 Å². The third-order valence-corrected chi connectivity index (χ3v) is 4.82. The number of carbonyl (C=O) groups excluding carboxylic acids is 1. The van der Waals surface area contributed by atoms with Crippen LogP contribution in [0.3, 0.4) is 0 Å². The Morgan fingerprint density at radius 3 is 2.78 bits per heavy atom. The molecule has 3 rings (SSSR count). The molecule has 0 bridgehead atoms. The quantitative estimate of drug-likeness (QED) is 0.894. The second-order valence-corrected chi connectivity index (χ2v) is 6.51. The summed E-state index contributed by atoms with van der Waals surface area (Å²) in [5.74, 6) is 0.730. The maximum absolute atomic E-state index is 12.8. The highest BCUT2D eigenvalue weighted by Gasteiger charge is 2.33. The molecule has 5 nitrogen and oxygen atoms in total. The van der Waals surface area contributed by atoms with Crippen LogP contribution in [0.1, 0.15) is 35.2 Å². The van der Waals surface area contributed by atoms with Crippen molar-refractivity contribution in [2.45, 2.75) is 25.3 Å². The van der Waals surface area contributed by atoms with Crippen molar-refractivity contribution in [3.8, 4) is 6.07 Å². The van der Waals surface area contributed by atoms with Crippen molar-refractivity contribution in [1.82, 2.24) is 9.80 Å². The fourth-order valence-corrected chi connectivity index (χ4v) is 3.31. The monoisotopic (exact) mass is 313 g/mol. The second kappa shape index (κ2) is 7.12. The zero-order chi connectivity index (χ0) is 16.2. The van der Waals surface area contributed by atoms with Crippen LogP contribution in [-0.2, 0) is 0 Å². The molecule has 1 atom stereocenters. The maximum atomic E-state index is 12.8. The maximum Gasteiger partial charge on any atom is 0.255 e. The highest BCUT2D eigenvalue weighted by molar-refractivity contribution is 5.96. The van der Waals surface area contributed by atoms with Crippen molar-refractivity contribution in [1.29, 1.82) is 5.26 Å². The zero-order valence-electron chi connectivity index (χ0n) is 13.3. The van der Waals surface area contributed by atoms with Gasteiger partial charge >= 0.3 is 0 Å². The first-order valence-corrected chi connectivity index (χ1v) is 8.36. The summed E-state index contributed by atoms with van der Waals surface area (Å²) >= 11 is 0. The first kappa shape index (κ1) is 16.0. The van der Waals surface area contributed by atoms with Gasteiger partial charge in [-0.2, -0.15) is 5.26 Å². The summed E-state index contributed by atoms with van der Waals surface area (Å²) < 4.78 is 0. The fourth-order valence-electron chi connectivity index (χ4n) is 3.31. The fraction of sp³-hybridized carbons (Fsp3) is 0.556. The average Bonchev–Trinajstić information content (AvgIpc) is 3.40. The minimum absolute atomic E-state index is 0.0730. The molecule has 1 N–H and O–H groups in total. The molecule has 2 aliphatic rings. The van der Waals surface area contributed by atoms with E-state index in [9.17, 15) is 15.2 Å². The number of hydrogen-bond acceptors (Lipinski definition) is 4. The number of hydrogen-bond donors (Lipinski definition) is 1. The Balaban J connectivity index is 1.70. The van der Waals surface area contributed by atoms with Crippen LogP contribution in [0.5, 0.6) is 0 Å². The summed E-state index contributed by atoms with van der Waals surface area (Å²) in [6.07, 6.45) is 3.30. The number of aliphatic hydroxyl groups excluding tert-OH is 1. The second-order valence-electron chi connectivity index (χ2n) is 6.51. The van der Waals surface area contributed by atoms with Gasteiger partial charge < -0.3 is 10.0 Å². The van der Waals surface area contributed by atoms with Gasteiger partial charge in [-0.15, -0.1) is 0 Å². The Morgan fingerprint density at radius 2 is 2.09 bits per heavy atom. The minimum Gasteiger partial charge on any atom is -0.396 e. The zero-order valence-corrected chi connectivity index (χ0v) is 13.3. The summed E-state index contributed by atoms with van der Waals surface area (Å²) in [6, 6.07) is 9.29. The molecule has 122 valence electrons. The molecule has 5 heteroatoms. The number of piperazine rings is 1. The number of carbonyl (C=O) groups is 1. The number of amides is 1. The van der Waals surface area contributed by atoms with Crippen molar-refractivity contribution in [2.24, 2.45) is 5.92 Å². The van der Waals surface area contributed by atoms with Gasteiger partial charge in [-0.05, 0) is 37.3 Å². The van der Waals surface area contributed by atoms with Gasteiger partial charge in [-0.25, -0.2) is 0 Å². The van der Waals surface area contributed by atoms with E-state index in [0.717, 1.165) is 19.0 Å². The number of benzene rings is 1. The van der Waals surface area contributed by atoms with Crippen LogP contribution in [0.25, 0.3) is 0 Å². The molecule has 0 aromatic heterocycles. The van der Waals surface area contributed by atoms with E-state index in [2.05, 4.69) is 11.0 Å². The lowest BCUT2D eigenvalue weighted by Crippen LogP contribution is -2.55. The molecule has 2 fully saturated rings. The van der Waals surface area contributed by atoms with Crippen LogP contribution >= 0.6 is 0 Å². The van der Waals surface area contributed by atoms with Gasteiger partial charge in [-0.3, -0.25) is 9.69 Å². The number of nitrogens with zero attached hydrogens (tertiary/aromatic N) is 3. The largest absolute Gasteiger partial charge is 0.396 e. The standard InChI is InChI=1S/C18H23N3O2/c19-11-15-3-1-2-4-17(15)18(23)21-9-8-20(12-14-5-6-14)16(13-21)7-10-22/h1-4,14,16,22H,5-10,12-13H2/t16-/m1/s1. The molecule has 0 unspecified atom stereocenters. The van der Waals surface area contributed by atoms with Gasteiger partial charge in [0.25, 0.3) is 5.91 Å². The Bertz CT molecular complexity index is 607. The van der Waals surface area contributed by atoms with E-state index in [-0.39, 0.29) is 18.6 Å². The molecule has 1 heterocycles. The first-order valence-electron chi connectivity index (χ1n) is 8.36. The molecule has 0 spiro atoms. The Kier molecular flexibility index (Phi) is 4.94. The summed E-state index contributed by atoms with van der Waals surface area (Å²) in [4.78, 5) is 17.0. The SMILES string of the molecule is N#Cc1ccccc1C(=O)N1CCN(CC2CC2)[C@H](CCO)C1. The lowest BCUT2D eigenvalue weighted by Gasteiger charge is -2.41. The Hall–Kier alpha value is -1.90. The van der Waals surface area contributed by atoms with E-state index in [1.807, 2.05) is 4.90 Å². The van der Waals surface area contributed by atoms with Crippen molar-refractivity contribution < 1.29 is 9.90 Å². The summed E-state index contributed by atoms with van der Waals surface area (Å²) in [5.41, 5.74) is 0.907. The van der Waals surface area contributed by atoms with Gasteiger partial charge in [0, 0.05) is 38.8 Å². The smallest absolute Gasteiger partial charge is 0.255 e. The molecule has 1 saturated carbocycles. The molecule has 0 radical (unpaired) electrons. The van der Waals surface area contributed by atoms with Gasteiger partial charge in [0.2, 0.25) is 0 Å². The number of aliphatic hydroxyl groups is 1. The van der Waals surface area contributed by atoms with E-state index >= 15 is 0 Å². The predicted octanol–water partition coefficient (Wildman–Crippen LogP) is 1.48. The lowest BCUT2D eigenvalue weighted by atomic mass is 10.0. The minimum atomic E-state index is -0.0730. The van der Waals surface area contributed by atoms with Crippen molar-refractivity contribution in [3.05, 3.63) is 35.4 Å². The predicted molar refractivity (Wildman–Crippen MR) is 86.8 cm³/mol. The van der Waals surface area contributed by atoms with Gasteiger partial charge in [0.05, 0.1) is 17.2 Å². The van der Waals surface area contributed by atoms with E-state index in [1.165, 1.54) is 12.8 Å². The Labute approximate surface area is 137 Å². The summed E-state index contributed by atoms with van der Waals surface area (Å²) in [5, 5.41) is 18.5. The molecule has 23 heavy (non-hydrogen) atoms. The van der Waals surface area contributed by atoms with E-state index < -0.39 is 0 Å². The van der Waals surface area contributed by atoms with Crippen LogP contribution in [-0.4, -0.2) is 59.6 Å². The summed E-state index contributed by atoms with van der Waals surface area (Å²) in [7, 11) is 0. The molecule has 1 saturated heterocycles. The van der Waals surface area contributed by atoms with Crippen molar-refractivity contribution >= 4 is 5.91 Å². The highest BCUT2D eigenvalue weighted by Crippen LogP contribution is 2.31. The lowest BCUT2D eigenvalue weighted by molar-refractivity contribution is 0.0407. The number of nitriles is 1. The first-order chi connectivity index (χ1) is 11.2. The Morgan fingerprint density at radius 1 is 1.30 bits per heavy atom. The summed E-state index contributed by atoms with van der Waals surface area (Å²) in [6.45, 7) is 3.39. The van der Waals surface area contributed by atoms with Crippen LogP contribution in [0, 0.1) is 17.2 Å². The normalized spacial score (nSPS) is 21.9. The van der Waals surface area contributed by atoms with Gasteiger partial charge in [0.1, 0.15) is 0 Å². The molecule has 1 aliphatic carbocycles. The van der Waals surface area contributed by atoms with Crippen molar-refractivity contribution in [3.63, 3.8) is 0 Å².